The Hall–Kier alpha value is -4.82. The van der Waals surface area contributed by atoms with Crippen molar-refractivity contribution in [2.45, 2.75) is 32.9 Å². The van der Waals surface area contributed by atoms with Crippen LogP contribution in [0.1, 0.15) is 36.7 Å². The van der Waals surface area contributed by atoms with E-state index in [1.807, 2.05) is 48.5 Å². The second-order valence-corrected chi connectivity index (χ2v) is 10.9. The molecule has 0 atom stereocenters. The zero-order chi connectivity index (χ0) is 30.3. The Morgan fingerprint density at radius 2 is 1.57 bits per heavy atom. The monoisotopic (exact) mass is 586 g/mol. The summed E-state index contributed by atoms with van der Waals surface area (Å²) in [5.74, 6) is -0.819. The van der Waals surface area contributed by atoms with Gasteiger partial charge in [-0.05, 0) is 79.4 Å². The van der Waals surface area contributed by atoms with Gasteiger partial charge in [-0.25, -0.2) is 4.79 Å². The Morgan fingerprint density at radius 1 is 0.810 bits per heavy atom. The summed E-state index contributed by atoms with van der Waals surface area (Å²) in [5.41, 5.74) is 3.36. The Kier molecular flexibility index (Phi) is 9.49. The fourth-order valence-electron chi connectivity index (χ4n) is 4.16. The maximum Gasteiger partial charge on any atom is 0.407 e. The summed E-state index contributed by atoms with van der Waals surface area (Å²) < 4.78 is 11.6. The highest BCUT2D eigenvalue weighted by molar-refractivity contribution is 6.30. The molecule has 8 nitrogen and oxygen atoms in total. The number of ether oxygens (including phenoxy) is 2. The number of hydrogen-bond acceptors (Lipinski definition) is 5. The van der Waals surface area contributed by atoms with Crippen LogP contribution >= 0.6 is 11.6 Å². The SMILES string of the molecule is CC(C)(C)OC(=O)NCc1cccc(Oc2cc(Cl)ccc2-c2cc(-c3ccccc3)ccc2C(=O)NCC(=O)O)c1. The van der Waals surface area contributed by atoms with E-state index in [0.717, 1.165) is 16.7 Å². The summed E-state index contributed by atoms with van der Waals surface area (Å²) in [6.07, 6.45) is -0.530. The van der Waals surface area contributed by atoms with E-state index in [-0.39, 0.29) is 12.1 Å². The molecule has 0 aliphatic carbocycles. The topological polar surface area (TPSA) is 114 Å². The number of alkyl carbamates (subject to hydrolysis) is 1. The predicted octanol–water partition coefficient (Wildman–Crippen LogP) is 7.31. The highest BCUT2D eigenvalue weighted by Gasteiger charge is 2.19. The fourth-order valence-corrected chi connectivity index (χ4v) is 4.33. The highest BCUT2D eigenvalue weighted by atomic mass is 35.5. The molecule has 42 heavy (non-hydrogen) atoms. The summed E-state index contributed by atoms with van der Waals surface area (Å²) in [4.78, 5) is 36.3. The van der Waals surface area contributed by atoms with Crippen LogP contribution in [0.25, 0.3) is 22.3 Å². The molecule has 9 heteroatoms. The van der Waals surface area contributed by atoms with Crippen LogP contribution in [0.15, 0.2) is 91.0 Å². The molecule has 216 valence electrons. The number of hydrogen-bond donors (Lipinski definition) is 3. The lowest BCUT2D eigenvalue weighted by molar-refractivity contribution is -0.135. The Morgan fingerprint density at radius 3 is 2.29 bits per heavy atom. The molecular weight excluding hydrogens is 556 g/mol. The van der Waals surface area contributed by atoms with E-state index < -0.39 is 30.1 Å². The standard InChI is InChI=1S/C33H31ClN2O6/c1-33(2,3)42-32(40)36-19-21-8-7-11-25(16-21)41-29-18-24(34)13-15-26(29)28-17-23(22-9-5-4-6-10-22)12-14-27(28)31(39)35-20-30(37)38/h4-18H,19-20H2,1-3H3,(H,35,39)(H,36,40)(H,37,38). The van der Waals surface area contributed by atoms with Crippen molar-refractivity contribution in [1.82, 2.24) is 10.6 Å². The van der Waals surface area contributed by atoms with Gasteiger partial charge in [-0.3, -0.25) is 9.59 Å². The lowest BCUT2D eigenvalue weighted by Gasteiger charge is -2.19. The number of carboxylic acid groups (broad SMARTS) is 1. The molecule has 0 radical (unpaired) electrons. The van der Waals surface area contributed by atoms with Gasteiger partial charge in [0.1, 0.15) is 23.6 Å². The molecule has 4 aromatic carbocycles. The molecule has 0 spiro atoms. The van der Waals surface area contributed by atoms with Crippen molar-refractivity contribution in [3.8, 4) is 33.8 Å². The van der Waals surface area contributed by atoms with Crippen molar-refractivity contribution in [2.24, 2.45) is 0 Å². The van der Waals surface area contributed by atoms with Gasteiger partial charge in [0.15, 0.2) is 0 Å². The van der Waals surface area contributed by atoms with Crippen molar-refractivity contribution >= 4 is 29.6 Å². The van der Waals surface area contributed by atoms with Gasteiger partial charge in [-0.2, -0.15) is 0 Å². The van der Waals surface area contributed by atoms with Crippen LogP contribution in [0.2, 0.25) is 5.02 Å². The van der Waals surface area contributed by atoms with Gasteiger partial charge in [0.05, 0.1) is 0 Å². The smallest absolute Gasteiger partial charge is 0.407 e. The molecule has 2 amide bonds. The van der Waals surface area contributed by atoms with Crippen LogP contribution in [-0.4, -0.2) is 35.2 Å². The first-order valence-electron chi connectivity index (χ1n) is 13.2. The van der Waals surface area contributed by atoms with E-state index in [2.05, 4.69) is 10.6 Å². The third-order valence-electron chi connectivity index (χ3n) is 5.97. The third kappa shape index (κ3) is 8.34. The fraction of sp³-hybridized carbons (Fsp3) is 0.182. The Bertz CT molecular complexity index is 1600. The number of rotatable bonds is 9. The van der Waals surface area contributed by atoms with E-state index in [4.69, 9.17) is 26.2 Å². The van der Waals surface area contributed by atoms with Crippen molar-refractivity contribution in [3.05, 3.63) is 107 Å². The third-order valence-corrected chi connectivity index (χ3v) is 6.20. The zero-order valence-corrected chi connectivity index (χ0v) is 24.2. The largest absolute Gasteiger partial charge is 0.480 e. The molecule has 0 aliphatic rings. The molecule has 4 aromatic rings. The number of nitrogens with one attached hydrogen (secondary N) is 2. The summed E-state index contributed by atoms with van der Waals surface area (Å²) in [6, 6.07) is 27.3. The molecule has 0 bridgehead atoms. The summed E-state index contributed by atoms with van der Waals surface area (Å²) in [5, 5.41) is 14.7. The van der Waals surface area contributed by atoms with Crippen molar-refractivity contribution in [2.75, 3.05) is 6.54 Å². The molecule has 3 N–H and O–H groups in total. The summed E-state index contributed by atoms with van der Waals surface area (Å²) >= 11 is 6.37. The maximum absolute atomic E-state index is 13.1. The molecule has 0 fully saturated rings. The van der Waals surface area contributed by atoms with Gasteiger partial charge in [-0.15, -0.1) is 0 Å². The van der Waals surface area contributed by atoms with Gasteiger partial charge in [0, 0.05) is 28.8 Å². The average Bonchev–Trinajstić information content (AvgIpc) is 2.94. The Labute approximate surface area is 249 Å². The van der Waals surface area contributed by atoms with Gasteiger partial charge < -0.3 is 25.2 Å². The van der Waals surface area contributed by atoms with Crippen LogP contribution in [0.5, 0.6) is 11.5 Å². The van der Waals surface area contributed by atoms with Crippen molar-refractivity contribution in [3.63, 3.8) is 0 Å². The molecule has 4 rings (SSSR count). The number of benzene rings is 4. The minimum atomic E-state index is -1.15. The van der Waals surface area contributed by atoms with Gasteiger partial charge in [-0.1, -0.05) is 60.1 Å². The van der Waals surface area contributed by atoms with E-state index in [1.54, 1.807) is 63.2 Å². The number of amides is 2. The first-order chi connectivity index (χ1) is 20.0. The van der Waals surface area contributed by atoms with Gasteiger partial charge in [0.2, 0.25) is 0 Å². The van der Waals surface area contributed by atoms with Crippen molar-refractivity contribution in [1.29, 1.82) is 0 Å². The second kappa shape index (κ2) is 13.2. The lowest BCUT2D eigenvalue weighted by atomic mass is 9.93. The number of carbonyl (C=O) groups is 3. The zero-order valence-electron chi connectivity index (χ0n) is 23.4. The van der Waals surface area contributed by atoms with Crippen LogP contribution in [-0.2, 0) is 16.1 Å². The van der Waals surface area contributed by atoms with E-state index in [0.29, 0.717) is 27.6 Å². The predicted molar refractivity (Wildman–Crippen MR) is 162 cm³/mol. The van der Waals surface area contributed by atoms with Gasteiger partial charge >= 0.3 is 12.1 Å². The normalized spacial score (nSPS) is 11.0. The summed E-state index contributed by atoms with van der Waals surface area (Å²) in [7, 11) is 0. The maximum atomic E-state index is 13.1. The van der Waals surface area contributed by atoms with Gasteiger partial charge in [0.25, 0.3) is 5.91 Å². The molecule has 0 aromatic heterocycles. The minimum absolute atomic E-state index is 0.224. The average molecular weight is 587 g/mol. The first-order valence-corrected chi connectivity index (χ1v) is 13.6. The number of aliphatic carboxylic acids is 1. The lowest BCUT2D eigenvalue weighted by Crippen LogP contribution is -2.32. The van der Waals surface area contributed by atoms with Crippen LogP contribution < -0.4 is 15.4 Å². The molecule has 0 unspecified atom stereocenters. The molecular formula is C33H31ClN2O6. The van der Waals surface area contributed by atoms with Crippen LogP contribution in [0.4, 0.5) is 4.79 Å². The van der Waals surface area contributed by atoms with Crippen LogP contribution in [0, 0.1) is 0 Å². The van der Waals surface area contributed by atoms with E-state index in [9.17, 15) is 14.4 Å². The van der Waals surface area contributed by atoms with Crippen LogP contribution in [0.3, 0.4) is 0 Å². The van der Waals surface area contributed by atoms with Crippen molar-refractivity contribution < 1.29 is 29.0 Å². The Balaban J connectivity index is 1.70. The van der Waals surface area contributed by atoms with E-state index in [1.165, 1.54) is 0 Å². The molecule has 0 aliphatic heterocycles. The minimum Gasteiger partial charge on any atom is -0.480 e. The number of halogens is 1. The molecule has 0 heterocycles. The second-order valence-electron chi connectivity index (χ2n) is 10.4. The number of carbonyl (C=O) groups excluding carboxylic acids is 2. The van der Waals surface area contributed by atoms with E-state index >= 15 is 0 Å². The number of carboxylic acids is 1. The highest BCUT2D eigenvalue weighted by Crippen LogP contribution is 2.39. The molecule has 0 saturated carbocycles. The first kappa shape index (κ1) is 30.1. The quantitative estimate of drug-likeness (QED) is 0.189. The molecule has 0 saturated heterocycles. The summed E-state index contributed by atoms with van der Waals surface area (Å²) in [6.45, 7) is 5.08.